The fourth-order valence-electron chi connectivity index (χ4n) is 1.99. The van der Waals surface area contributed by atoms with E-state index in [0.717, 1.165) is 0 Å². The van der Waals surface area contributed by atoms with Crippen molar-refractivity contribution in [1.82, 2.24) is 9.80 Å². The third-order valence-electron chi connectivity index (χ3n) is 3.25. The fourth-order valence-corrected chi connectivity index (χ4v) is 3.28. The van der Waals surface area contributed by atoms with E-state index in [4.69, 9.17) is 21.4 Å². The van der Waals surface area contributed by atoms with E-state index >= 15 is 0 Å². The van der Waals surface area contributed by atoms with Crippen molar-refractivity contribution in [3.8, 4) is 0 Å². The Balaban J connectivity index is 0.00000312. The molecule has 0 spiro atoms. The maximum absolute atomic E-state index is 12.4. The van der Waals surface area contributed by atoms with Crippen LogP contribution in [0.1, 0.15) is 18.6 Å². The standard InChI is InChI=1S/C16H20N2O4S2.ClH/c1-17(2)8-10-22-14(19)6-3-7-18-15(20)13(24-16(18)23)11-12-5-4-9-21-12;/h4-5,9,11H,3,6-8,10H2,1-2H3;1H/b13-11+;. The molecule has 0 unspecified atom stereocenters. The van der Waals surface area contributed by atoms with Crippen molar-refractivity contribution in [1.29, 1.82) is 0 Å². The molecule has 1 fully saturated rings. The molecule has 0 radical (unpaired) electrons. The molecule has 2 heterocycles. The molecule has 1 aliphatic rings. The summed E-state index contributed by atoms with van der Waals surface area (Å²) in [5, 5.41) is 0. The highest BCUT2D eigenvalue weighted by molar-refractivity contribution is 8.26. The molecule has 6 nitrogen and oxygen atoms in total. The number of esters is 1. The van der Waals surface area contributed by atoms with Gasteiger partial charge < -0.3 is 14.1 Å². The van der Waals surface area contributed by atoms with Gasteiger partial charge in [0.15, 0.2) is 0 Å². The molecular formula is C16H21ClN2O4S2. The summed E-state index contributed by atoms with van der Waals surface area (Å²) < 4.78 is 10.8. The van der Waals surface area contributed by atoms with E-state index in [0.29, 0.717) is 41.1 Å². The molecule has 0 aromatic carbocycles. The monoisotopic (exact) mass is 404 g/mol. The number of amides is 1. The summed E-state index contributed by atoms with van der Waals surface area (Å²) in [6.45, 7) is 1.47. The van der Waals surface area contributed by atoms with E-state index in [1.807, 2.05) is 19.0 Å². The Morgan fingerprint density at radius 3 is 2.88 bits per heavy atom. The number of hydrogen-bond donors (Lipinski definition) is 0. The van der Waals surface area contributed by atoms with Gasteiger partial charge in [-0.1, -0.05) is 24.0 Å². The molecule has 1 aromatic rings. The number of rotatable bonds is 8. The van der Waals surface area contributed by atoms with Gasteiger partial charge in [0.2, 0.25) is 0 Å². The van der Waals surface area contributed by atoms with E-state index in [2.05, 4.69) is 0 Å². The first-order valence-corrected chi connectivity index (χ1v) is 8.79. The first kappa shape index (κ1) is 21.7. The largest absolute Gasteiger partial charge is 0.465 e. The predicted molar refractivity (Wildman–Crippen MR) is 105 cm³/mol. The highest BCUT2D eigenvalue weighted by atomic mass is 35.5. The van der Waals surface area contributed by atoms with Gasteiger partial charge in [0, 0.05) is 25.6 Å². The first-order valence-electron chi connectivity index (χ1n) is 7.56. The molecule has 0 N–H and O–H groups in total. The molecule has 0 bridgehead atoms. The molecule has 1 amide bonds. The van der Waals surface area contributed by atoms with E-state index in [-0.39, 0.29) is 30.7 Å². The van der Waals surface area contributed by atoms with Gasteiger partial charge in [0.1, 0.15) is 16.7 Å². The number of likely N-dealkylation sites (N-methyl/N-ethyl adjacent to an activating group) is 1. The van der Waals surface area contributed by atoms with Gasteiger partial charge in [-0.2, -0.15) is 0 Å². The minimum Gasteiger partial charge on any atom is -0.465 e. The van der Waals surface area contributed by atoms with Crippen LogP contribution in [0.2, 0.25) is 0 Å². The number of ether oxygens (including phenoxy) is 1. The second kappa shape index (κ2) is 10.6. The van der Waals surface area contributed by atoms with E-state index in [9.17, 15) is 9.59 Å². The van der Waals surface area contributed by atoms with Crippen LogP contribution in [0, 0.1) is 0 Å². The number of thioether (sulfide) groups is 1. The summed E-state index contributed by atoms with van der Waals surface area (Å²) in [6, 6.07) is 3.53. The third-order valence-corrected chi connectivity index (χ3v) is 4.63. The van der Waals surface area contributed by atoms with Crippen LogP contribution in [0.15, 0.2) is 27.7 Å². The average molecular weight is 405 g/mol. The summed E-state index contributed by atoms with van der Waals surface area (Å²) in [7, 11) is 3.83. The zero-order valence-electron chi connectivity index (χ0n) is 14.1. The molecule has 138 valence electrons. The summed E-state index contributed by atoms with van der Waals surface area (Å²) in [4.78, 5) is 28.0. The molecule has 1 aromatic heterocycles. The Bertz CT molecular complexity index is 632. The second-order valence-corrected chi connectivity index (χ2v) is 7.15. The average Bonchev–Trinajstić information content (AvgIpc) is 3.11. The minimum absolute atomic E-state index is 0. The number of hydrogen-bond acceptors (Lipinski definition) is 7. The van der Waals surface area contributed by atoms with Crippen LogP contribution in [0.25, 0.3) is 6.08 Å². The van der Waals surface area contributed by atoms with Crippen LogP contribution in [-0.2, 0) is 14.3 Å². The van der Waals surface area contributed by atoms with Gasteiger partial charge in [0.25, 0.3) is 5.91 Å². The number of nitrogens with zero attached hydrogens (tertiary/aromatic N) is 2. The van der Waals surface area contributed by atoms with E-state index < -0.39 is 0 Å². The van der Waals surface area contributed by atoms with Crippen molar-refractivity contribution in [2.75, 3.05) is 33.8 Å². The Kier molecular flexibility index (Phi) is 9.20. The lowest BCUT2D eigenvalue weighted by molar-refractivity contribution is -0.144. The Labute approximate surface area is 163 Å². The molecular weight excluding hydrogens is 384 g/mol. The van der Waals surface area contributed by atoms with Crippen molar-refractivity contribution in [3.63, 3.8) is 0 Å². The third kappa shape index (κ3) is 6.81. The van der Waals surface area contributed by atoms with Crippen molar-refractivity contribution in [2.24, 2.45) is 0 Å². The molecule has 25 heavy (non-hydrogen) atoms. The highest BCUT2D eigenvalue weighted by Crippen LogP contribution is 2.32. The molecule has 1 saturated heterocycles. The van der Waals surface area contributed by atoms with E-state index in [1.54, 1.807) is 24.5 Å². The Hall–Kier alpha value is -1.35. The number of carbonyl (C=O) groups is 2. The zero-order valence-corrected chi connectivity index (χ0v) is 16.5. The van der Waals surface area contributed by atoms with Gasteiger partial charge >= 0.3 is 5.97 Å². The molecule has 1 aliphatic heterocycles. The summed E-state index contributed by atoms with van der Waals surface area (Å²) >= 11 is 6.49. The first-order chi connectivity index (χ1) is 11.5. The quantitative estimate of drug-likeness (QED) is 0.375. The summed E-state index contributed by atoms with van der Waals surface area (Å²) in [5.41, 5.74) is 0. The van der Waals surface area contributed by atoms with Crippen LogP contribution in [-0.4, -0.2) is 59.8 Å². The SMILES string of the molecule is CN(C)CCOC(=O)CCCN1C(=O)/C(=C\c2ccco2)SC1=S.Cl. The maximum atomic E-state index is 12.4. The smallest absolute Gasteiger partial charge is 0.305 e. The van der Waals surface area contributed by atoms with Crippen LogP contribution < -0.4 is 0 Å². The summed E-state index contributed by atoms with van der Waals surface area (Å²) in [5.74, 6) is 0.204. The van der Waals surface area contributed by atoms with Crippen molar-refractivity contribution < 1.29 is 18.7 Å². The fraction of sp³-hybridized carbons (Fsp3) is 0.438. The number of carbonyl (C=O) groups excluding carboxylic acids is 2. The minimum atomic E-state index is -0.256. The second-order valence-electron chi connectivity index (χ2n) is 5.48. The number of thiocarbonyl (C=S) groups is 1. The van der Waals surface area contributed by atoms with Gasteiger partial charge in [-0.25, -0.2) is 0 Å². The molecule has 0 aliphatic carbocycles. The zero-order chi connectivity index (χ0) is 17.5. The number of furan rings is 1. The lowest BCUT2D eigenvalue weighted by Crippen LogP contribution is -2.29. The van der Waals surface area contributed by atoms with E-state index in [1.165, 1.54) is 16.7 Å². The van der Waals surface area contributed by atoms with Crippen molar-refractivity contribution in [2.45, 2.75) is 12.8 Å². The van der Waals surface area contributed by atoms with Gasteiger partial charge in [-0.3, -0.25) is 14.5 Å². The number of halogens is 1. The highest BCUT2D eigenvalue weighted by Gasteiger charge is 2.31. The molecule has 2 rings (SSSR count). The summed E-state index contributed by atoms with van der Waals surface area (Å²) in [6.07, 6.45) is 4.01. The Morgan fingerprint density at radius 2 is 2.24 bits per heavy atom. The van der Waals surface area contributed by atoms with Crippen LogP contribution in [0.3, 0.4) is 0 Å². The molecule has 0 saturated carbocycles. The van der Waals surface area contributed by atoms with Crippen molar-refractivity contribution in [3.05, 3.63) is 29.1 Å². The lowest BCUT2D eigenvalue weighted by atomic mass is 10.3. The van der Waals surface area contributed by atoms with Crippen LogP contribution in [0.5, 0.6) is 0 Å². The topological polar surface area (TPSA) is 63.0 Å². The maximum Gasteiger partial charge on any atom is 0.305 e. The van der Waals surface area contributed by atoms with Gasteiger partial charge in [0.05, 0.1) is 11.2 Å². The molecule has 9 heteroatoms. The lowest BCUT2D eigenvalue weighted by Gasteiger charge is -2.14. The molecule has 0 atom stereocenters. The van der Waals surface area contributed by atoms with Crippen LogP contribution in [0.4, 0.5) is 0 Å². The van der Waals surface area contributed by atoms with Crippen LogP contribution >= 0.6 is 36.4 Å². The van der Waals surface area contributed by atoms with Crippen molar-refractivity contribution >= 4 is 58.7 Å². The van der Waals surface area contributed by atoms with Gasteiger partial charge in [-0.05, 0) is 32.6 Å². The normalized spacial score (nSPS) is 15.8. The van der Waals surface area contributed by atoms with Gasteiger partial charge in [-0.15, -0.1) is 12.4 Å². The predicted octanol–water partition coefficient (Wildman–Crippen LogP) is 2.79. The Morgan fingerprint density at radius 1 is 1.48 bits per heavy atom.